The lowest BCUT2D eigenvalue weighted by molar-refractivity contribution is -0.116. The zero-order chi connectivity index (χ0) is 14.9. The highest BCUT2D eigenvalue weighted by Gasteiger charge is 2.04. The van der Waals surface area contributed by atoms with Gasteiger partial charge in [0.2, 0.25) is 5.91 Å². The van der Waals surface area contributed by atoms with E-state index in [2.05, 4.69) is 27.2 Å². The van der Waals surface area contributed by atoms with Gasteiger partial charge in [-0.15, -0.1) is 0 Å². The topological polar surface area (TPSA) is 80.0 Å². The molecule has 0 spiro atoms. The monoisotopic (exact) mass is 284 g/mol. The number of aryl methyl sites for hydroxylation is 1. The normalized spacial score (nSPS) is 9.76. The molecule has 1 amide bonds. The lowest BCUT2D eigenvalue weighted by Crippen LogP contribution is -2.15. The lowest BCUT2D eigenvalue weighted by atomic mass is 10.3. The van der Waals surface area contributed by atoms with Gasteiger partial charge in [0.15, 0.2) is 0 Å². The van der Waals surface area contributed by atoms with Crippen molar-refractivity contribution in [2.45, 2.75) is 19.4 Å². The maximum Gasteiger partial charge on any atom is 0.227 e. The van der Waals surface area contributed by atoms with Gasteiger partial charge in [0.1, 0.15) is 11.5 Å². The zero-order valence-corrected chi connectivity index (χ0v) is 11.5. The van der Waals surface area contributed by atoms with E-state index < -0.39 is 0 Å². The van der Waals surface area contributed by atoms with Crippen molar-refractivity contribution in [2.24, 2.45) is 0 Å². The van der Waals surface area contributed by atoms with E-state index in [-0.39, 0.29) is 12.5 Å². The van der Waals surface area contributed by atoms with Crippen LogP contribution in [0.25, 0.3) is 0 Å². The third kappa shape index (κ3) is 5.09. The number of carbonyl (C=O) groups is 1. The molecular formula is C15H16N4O2. The summed E-state index contributed by atoms with van der Waals surface area (Å²) >= 11 is 0. The Morgan fingerprint density at radius 2 is 2.29 bits per heavy atom. The largest absolute Gasteiger partial charge is 0.395 e. The van der Waals surface area contributed by atoms with Gasteiger partial charge >= 0.3 is 0 Å². The minimum atomic E-state index is -0.126. The Kier molecular flexibility index (Phi) is 5.50. The van der Waals surface area contributed by atoms with Crippen LogP contribution in [0, 0.1) is 11.8 Å². The Morgan fingerprint density at radius 3 is 3.05 bits per heavy atom. The van der Waals surface area contributed by atoms with Gasteiger partial charge in [0, 0.05) is 31.8 Å². The van der Waals surface area contributed by atoms with Crippen molar-refractivity contribution in [3.05, 3.63) is 42.4 Å². The summed E-state index contributed by atoms with van der Waals surface area (Å²) < 4.78 is 1.70. The number of aliphatic hydroxyl groups excluding tert-OH is 1. The fourth-order valence-corrected chi connectivity index (χ4v) is 1.64. The SMILES string of the molecule is O=C(CCn1cccn1)Nc1cccc(C#CCCO)n1. The summed E-state index contributed by atoms with van der Waals surface area (Å²) in [5.41, 5.74) is 0.563. The number of pyridine rings is 1. The van der Waals surface area contributed by atoms with Crippen LogP contribution in [-0.2, 0) is 11.3 Å². The van der Waals surface area contributed by atoms with Crippen molar-refractivity contribution in [2.75, 3.05) is 11.9 Å². The standard InChI is InChI=1S/C15H16N4O2/c20-12-2-1-5-13-6-3-7-14(17-13)18-15(21)8-11-19-10-4-9-16-19/h3-4,6-7,9-10,20H,2,8,11-12H2,(H,17,18,21). The number of amides is 1. The molecule has 0 aliphatic heterocycles. The number of carbonyl (C=O) groups excluding carboxylic acids is 1. The van der Waals surface area contributed by atoms with Gasteiger partial charge < -0.3 is 10.4 Å². The summed E-state index contributed by atoms with van der Waals surface area (Å²) in [6, 6.07) is 7.06. The molecule has 21 heavy (non-hydrogen) atoms. The van der Waals surface area contributed by atoms with Gasteiger partial charge in [-0.2, -0.15) is 5.10 Å². The lowest BCUT2D eigenvalue weighted by Gasteiger charge is -2.05. The number of nitrogens with zero attached hydrogens (tertiary/aromatic N) is 3. The molecule has 0 radical (unpaired) electrons. The fraction of sp³-hybridized carbons (Fsp3) is 0.267. The predicted octanol–water partition coefficient (Wildman–Crippen LogP) is 1.04. The number of nitrogens with one attached hydrogen (secondary N) is 1. The van der Waals surface area contributed by atoms with Crippen molar-refractivity contribution >= 4 is 11.7 Å². The average Bonchev–Trinajstić information content (AvgIpc) is 2.99. The predicted molar refractivity (Wildman–Crippen MR) is 78.3 cm³/mol. The Balaban J connectivity index is 1.88. The number of aliphatic hydroxyl groups is 1. The number of hydrogen-bond donors (Lipinski definition) is 2. The van der Waals surface area contributed by atoms with E-state index in [1.54, 1.807) is 29.1 Å². The zero-order valence-electron chi connectivity index (χ0n) is 11.5. The third-order valence-corrected chi connectivity index (χ3v) is 2.60. The molecule has 0 atom stereocenters. The molecule has 6 nitrogen and oxygen atoms in total. The summed E-state index contributed by atoms with van der Waals surface area (Å²) in [7, 11) is 0. The first-order valence-corrected chi connectivity index (χ1v) is 6.62. The molecule has 2 heterocycles. The van der Waals surface area contributed by atoms with Gasteiger partial charge in [0.25, 0.3) is 0 Å². The quantitative estimate of drug-likeness (QED) is 0.804. The maximum atomic E-state index is 11.8. The molecule has 2 aromatic rings. The first kappa shape index (κ1) is 14.8. The molecule has 0 saturated heterocycles. The van der Waals surface area contributed by atoms with Crippen LogP contribution in [-0.4, -0.2) is 32.4 Å². The average molecular weight is 284 g/mol. The van der Waals surface area contributed by atoms with Crippen molar-refractivity contribution in [1.29, 1.82) is 0 Å². The van der Waals surface area contributed by atoms with Gasteiger partial charge in [-0.25, -0.2) is 4.98 Å². The fourth-order valence-electron chi connectivity index (χ4n) is 1.64. The molecule has 2 N–H and O–H groups in total. The van der Waals surface area contributed by atoms with Gasteiger partial charge in [-0.05, 0) is 24.1 Å². The summed E-state index contributed by atoms with van der Waals surface area (Å²) in [6.07, 6.45) is 4.21. The van der Waals surface area contributed by atoms with E-state index in [0.29, 0.717) is 30.9 Å². The molecule has 0 bridgehead atoms. The third-order valence-electron chi connectivity index (χ3n) is 2.60. The molecule has 0 aromatic carbocycles. The van der Waals surface area contributed by atoms with Crippen molar-refractivity contribution in [1.82, 2.24) is 14.8 Å². The van der Waals surface area contributed by atoms with E-state index in [4.69, 9.17) is 5.11 Å². The van der Waals surface area contributed by atoms with E-state index in [0.717, 1.165) is 0 Å². The molecular weight excluding hydrogens is 268 g/mol. The molecule has 0 aliphatic carbocycles. The van der Waals surface area contributed by atoms with Gasteiger partial charge in [-0.1, -0.05) is 12.0 Å². The second-order valence-corrected chi connectivity index (χ2v) is 4.25. The second kappa shape index (κ2) is 7.82. The summed E-state index contributed by atoms with van der Waals surface area (Å²) in [5, 5.41) is 15.4. The molecule has 2 aromatic heterocycles. The highest BCUT2D eigenvalue weighted by molar-refractivity contribution is 5.89. The van der Waals surface area contributed by atoms with Crippen LogP contribution in [0.3, 0.4) is 0 Å². The number of rotatable bonds is 5. The maximum absolute atomic E-state index is 11.8. The highest BCUT2D eigenvalue weighted by atomic mass is 16.2. The first-order chi connectivity index (χ1) is 10.3. The van der Waals surface area contributed by atoms with Gasteiger partial charge in [0.05, 0.1) is 6.61 Å². The number of aromatic nitrogens is 3. The van der Waals surface area contributed by atoms with Crippen molar-refractivity contribution in [3.8, 4) is 11.8 Å². The molecule has 0 fully saturated rings. The minimum absolute atomic E-state index is 0.0247. The highest BCUT2D eigenvalue weighted by Crippen LogP contribution is 2.05. The summed E-state index contributed by atoms with van der Waals surface area (Å²) in [4.78, 5) is 16.0. The van der Waals surface area contributed by atoms with Crippen molar-refractivity contribution in [3.63, 3.8) is 0 Å². The van der Waals surface area contributed by atoms with Gasteiger partial charge in [-0.3, -0.25) is 9.48 Å². The first-order valence-electron chi connectivity index (χ1n) is 6.62. The van der Waals surface area contributed by atoms with Crippen LogP contribution >= 0.6 is 0 Å². The molecule has 0 saturated carbocycles. The summed E-state index contributed by atoms with van der Waals surface area (Å²) in [5.74, 6) is 5.96. The Hall–Kier alpha value is -2.65. The van der Waals surface area contributed by atoms with E-state index in [9.17, 15) is 4.79 Å². The van der Waals surface area contributed by atoms with E-state index in [1.807, 2.05) is 12.3 Å². The number of hydrogen-bond acceptors (Lipinski definition) is 4. The summed E-state index contributed by atoms with van der Waals surface area (Å²) in [6.45, 7) is 0.547. The Labute approximate surface area is 122 Å². The second-order valence-electron chi connectivity index (χ2n) is 4.25. The van der Waals surface area contributed by atoms with Crippen LogP contribution in [0.2, 0.25) is 0 Å². The van der Waals surface area contributed by atoms with E-state index >= 15 is 0 Å². The Bertz CT molecular complexity index is 641. The van der Waals surface area contributed by atoms with E-state index in [1.165, 1.54) is 0 Å². The van der Waals surface area contributed by atoms with Crippen LogP contribution in [0.15, 0.2) is 36.7 Å². The smallest absolute Gasteiger partial charge is 0.227 e. The van der Waals surface area contributed by atoms with Crippen LogP contribution < -0.4 is 5.32 Å². The molecule has 2 rings (SSSR count). The molecule has 108 valence electrons. The Morgan fingerprint density at radius 1 is 1.38 bits per heavy atom. The molecule has 0 unspecified atom stereocenters. The number of anilines is 1. The van der Waals surface area contributed by atoms with Crippen LogP contribution in [0.4, 0.5) is 5.82 Å². The van der Waals surface area contributed by atoms with Crippen LogP contribution in [0.5, 0.6) is 0 Å². The van der Waals surface area contributed by atoms with Crippen molar-refractivity contribution < 1.29 is 9.90 Å². The molecule has 0 aliphatic rings. The van der Waals surface area contributed by atoms with Crippen LogP contribution in [0.1, 0.15) is 18.5 Å². The molecule has 6 heteroatoms. The minimum Gasteiger partial charge on any atom is -0.395 e.